The summed E-state index contributed by atoms with van der Waals surface area (Å²) in [6, 6.07) is 10.4. The van der Waals surface area contributed by atoms with Crippen LogP contribution in [0.3, 0.4) is 0 Å². The van der Waals surface area contributed by atoms with Gasteiger partial charge >= 0.3 is 0 Å². The summed E-state index contributed by atoms with van der Waals surface area (Å²) in [6.07, 6.45) is 5.88. The average molecular weight is 257 g/mol. The molecule has 0 saturated heterocycles. The first kappa shape index (κ1) is 13.8. The lowest BCUT2D eigenvalue weighted by molar-refractivity contribution is 0.529. The minimum Gasteiger partial charge on any atom is -0.335 e. The average Bonchev–Trinajstić information content (AvgIpc) is 2.83. The Morgan fingerprint density at radius 3 is 2.63 bits per heavy atom. The van der Waals surface area contributed by atoms with Crippen LogP contribution in [0.25, 0.3) is 0 Å². The van der Waals surface area contributed by atoms with Crippen molar-refractivity contribution in [1.82, 2.24) is 9.55 Å². The molecule has 1 atom stereocenters. The first-order chi connectivity index (χ1) is 9.16. The Bertz CT molecular complexity index is 488. The van der Waals surface area contributed by atoms with Crippen LogP contribution in [0.15, 0.2) is 42.9 Å². The van der Waals surface area contributed by atoms with Crippen LogP contribution in [-0.4, -0.2) is 9.55 Å². The van der Waals surface area contributed by atoms with Gasteiger partial charge in [-0.3, -0.25) is 0 Å². The van der Waals surface area contributed by atoms with Crippen molar-refractivity contribution in [3.8, 4) is 0 Å². The molecule has 1 aromatic heterocycles. The molecule has 2 N–H and O–H groups in total. The van der Waals surface area contributed by atoms with Gasteiger partial charge in [-0.15, -0.1) is 0 Å². The highest BCUT2D eigenvalue weighted by atomic mass is 15.0. The van der Waals surface area contributed by atoms with Crippen molar-refractivity contribution in [2.75, 3.05) is 0 Å². The topological polar surface area (TPSA) is 43.8 Å². The summed E-state index contributed by atoms with van der Waals surface area (Å²) in [5, 5.41) is 0. The van der Waals surface area contributed by atoms with Crippen molar-refractivity contribution >= 4 is 0 Å². The predicted octanol–water partition coefficient (Wildman–Crippen LogP) is 3.17. The number of imidazole rings is 1. The van der Waals surface area contributed by atoms with E-state index >= 15 is 0 Å². The maximum absolute atomic E-state index is 6.23. The lowest BCUT2D eigenvalue weighted by Gasteiger charge is -2.14. The summed E-state index contributed by atoms with van der Waals surface area (Å²) in [5.74, 6) is 0.651. The smallest absolute Gasteiger partial charge is 0.0948 e. The predicted molar refractivity (Wildman–Crippen MR) is 78.8 cm³/mol. The van der Waals surface area contributed by atoms with Crippen LogP contribution in [0, 0.1) is 5.92 Å². The van der Waals surface area contributed by atoms with E-state index in [1.165, 1.54) is 11.3 Å². The SMILES string of the molecule is CC(C)Cc1cncn1CCC(N)c1ccccc1. The van der Waals surface area contributed by atoms with E-state index in [4.69, 9.17) is 5.73 Å². The summed E-state index contributed by atoms with van der Waals surface area (Å²) in [6.45, 7) is 5.39. The molecule has 102 valence electrons. The number of hydrogen-bond acceptors (Lipinski definition) is 2. The van der Waals surface area contributed by atoms with E-state index in [1.54, 1.807) is 0 Å². The normalized spacial score (nSPS) is 12.8. The van der Waals surface area contributed by atoms with Gasteiger partial charge < -0.3 is 10.3 Å². The Hall–Kier alpha value is -1.61. The van der Waals surface area contributed by atoms with Crippen LogP contribution >= 0.6 is 0 Å². The minimum absolute atomic E-state index is 0.0931. The van der Waals surface area contributed by atoms with Crippen LogP contribution in [-0.2, 0) is 13.0 Å². The second-order valence-electron chi connectivity index (χ2n) is 5.48. The Morgan fingerprint density at radius 2 is 1.95 bits per heavy atom. The zero-order valence-corrected chi connectivity index (χ0v) is 11.8. The van der Waals surface area contributed by atoms with Crippen molar-refractivity contribution < 1.29 is 0 Å². The zero-order valence-electron chi connectivity index (χ0n) is 11.8. The fourth-order valence-electron chi connectivity index (χ4n) is 2.28. The van der Waals surface area contributed by atoms with Crippen molar-refractivity contribution in [3.63, 3.8) is 0 Å². The van der Waals surface area contributed by atoms with Gasteiger partial charge in [0.15, 0.2) is 0 Å². The van der Waals surface area contributed by atoms with Gasteiger partial charge in [0.05, 0.1) is 6.33 Å². The second-order valence-corrected chi connectivity index (χ2v) is 5.48. The molecule has 3 heteroatoms. The van der Waals surface area contributed by atoms with Crippen LogP contribution in [0.5, 0.6) is 0 Å². The van der Waals surface area contributed by atoms with E-state index < -0.39 is 0 Å². The van der Waals surface area contributed by atoms with E-state index in [-0.39, 0.29) is 6.04 Å². The number of nitrogens with two attached hydrogens (primary N) is 1. The highest BCUT2D eigenvalue weighted by molar-refractivity contribution is 5.18. The van der Waals surface area contributed by atoms with Crippen molar-refractivity contribution in [2.45, 2.75) is 39.3 Å². The highest BCUT2D eigenvalue weighted by Gasteiger charge is 2.08. The molecule has 0 aliphatic carbocycles. The minimum atomic E-state index is 0.0931. The molecule has 0 aliphatic heterocycles. The number of benzene rings is 1. The standard InChI is InChI=1S/C16H23N3/c1-13(2)10-15-11-18-12-19(15)9-8-16(17)14-6-4-3-5-7-14/h3-7,11-13,16H,8-10,17H2,1-2H3. The number of hydrogen-bond donors (Lipinski definition) is 1. The summed E-state index contributed by atoms with van der Waals surface area (Å²) >= 11 is 0. The molecule has 0 radical (unpaired) electrons. The molecule has 0 aliphatic rings. The molecule has 2 rings (SSSR count). The number of aromatic nitrogens is 2. The van der Waals surface area contributed by atoms with E-state index in [2.05, 4.69) is 35.5 Å². The third-order valence-electron chi connectivity index (χ3n) is 3.32. The number of rotatable bonds is 6. The second kappa shape index (κ2) is 6.53. The Balaban J connectivity index is 1.94. The Kier molecular flexibility index (Phi) is 4.74. The fourth-order valence-corrected chi connectivity index (χ4v) is 2.28. The van der Waals surface area contributed by atoms with Crippen molar-refractivity contribution in [1.29, 1.82) is 0 Å². The number of aryl methyl sites for hydroxylation is 1. The molecule has 2 aromatic rings. The molecule has 1 aromatic carbocycles. The van der Waals surface area contributed by atoms with Crippen LogP contribution < -0.4 is 5.73 Å². The zero-order chi connectivity index (χ0) is 13.7. The van der Waals surface area contributed by atoms with Crippen molar-refractivity contribution in [2.24, 2.45) is 11.7 Å². The molecule has 19 heavy (non-hydrogen) atoms. The van der Waals surface area contributed by atoms with E-state index in [0.717, 1.165) is 19.4 Å². The third kappa shape index (κ3) is 3.93. The first-order valence-electron chi connectivity index (χ1n) is 6.96. The summed E-state index contributed by atoms with van der Waals surface area (Å²) in [4.78, 5) is 4.25. The molecule has 0 spiro atoms. The van der Waals surface area contributed by atoms with Gasteiger partial charge in [-0.1, -0.05) is 44.2 Å². The van der Waals surface area contributed by atoms with Crippen molar-refractivity contribution in [3.05, 3.63) is 54.1 Å². The summed E-state index contributed by atoms with van der Waals surface area (Å²) < 4.78 is 2.22. The molecular formula is C16H23N3. The summed E-state index contributed by atoms with van der Waals surface area (Å²) in [5.41, 5.74) is 8.73. The van der Waals surface area contributed by atoms with Crippen LogP contribution in [0.2, 0.25) is 0 Å². The molecule has 0 bridgehead atoms. The van der Waals surface area contributed by atoms with Gasteiger partial charge in [-0.05, 0) is 24.3 Å². The fraction of sp³-hybridized carbons (Fsp3) is 0.438. The third-order valence-corrected chi connectivity index (χ3v) is 3.32. The van der Waals surface area contributed by atoms with Gasteiger partial charge in [-0.2, -0.15) is 0 Å². The van der Waals surface area contributed by atoms with E-state index in [9.17, 15) is 0 Å². The van der Waals surface area contributed by atoms with Crippen LogP contribution in [0.4, 0.5) is 0 Å². The first-order valence-corrected chi connectivity index (χ1v) is 6.96. The van der Waals surface area contributed by atoms with Gasteiger partial charge in [-0.25, -0.2) is 4.98 Å². The number of nitrogens with zero attached hydrogens (tertiary/aromatic N) is 2. The van der Waals surface area contributed by atoms with E-state index in [0.29, 0.717) is 5.92 Å². The van der Waals surface area contributed by atoms with E-state index in [1.807, 2.05) is 30.7 Å². The molecule has 0 saturated carbocycles. The summed E-state index contributed by atoms with van der Waals surface area (Å²) in [7, 11) is 0. The highest BCUT2D eigenvalue weighted by Crippen LogP contribution is 2.15. The van der Waals surface area contributed by atoms with Gasteiger partial charge in [0.1, 0.15) is 0 Å². The molecule has 1 unspecified atom stereocenters. The Morgan fingerprint density at radius 1 is 1.21 bits per heavy atom. The molecular weight excluding hydrogens is 234 g/mol. The maximum atomic E-state index is 6.23. The maximum Gasteiger partial charge on any atom is 0.0948 e. The lowest BCUT2D eigenvalue weighted by Crippen LogP contribution is -2.14. The largest absolute Gasteiger partial charge is 0.335 e. The van der Waals surface area contributed by atoms with Gasteiger partial charge in [0.25, 0.3) is 0 Å². The molecule has 0 amide bonds. The molecule has 0 fully saturated rings. The van der Waals surface area contributed by atoms with Crippen LogP contribution in [0.1, 0.15) is 37.6 Å². The molecule has 3 nitrogen and oxygen atoms in total. The monoisotopic (exact) mass is 257 g/mol. The Labute approximate surface area is 115 Å². The van der Waals surface area contributed by atoms with Gasteiger partial charge in [0, 0.05) is 24.5 Å². The lowest BCUT2D eigenvalue weighted by atomic mass is 10.0. The molecule has 1 heterocycles. The van der Waals surface area contributed by atoms with Gasteiger partial charge in [0.2, 0.25) is 0 Å². The quantitative estimate of drug-likeness (QED) is 0.863.